The zero-order valence-electron chi connectivity index (χ0n) is 14.8. The second-order valence-electron chi connectivity index (χ2n) is 7.36. The van der Waals surface area contributed by atoms with Crippen LogP contribution in [0.1, 0.15) is 48.1 Å². The standard InChI is InChI=1S/C17H21F2N5O2/c1-10-13(11(2)26-22-10)5-15(25)24-8-17(18,19)6-14(24)16-21-20-9-23(16)7-12-3-4-12/h9,12,14H,3-8H2,1-2H3/t14-/m0/s1. The van der Waals surface area contributed by atoms with Gasteiger partial charge >= 0.3 is 0 Å². The van der Waals surface area contributed by atoms with E-state index in [1.807, 2.05) is 4.57 Å². The number of likely N-dealkylation sites (tertiary alicyclic amines) is 1. The van der Waals surface area contributed by atoms with E-state index in [0.29, 0.717) is 28.8 Å². The molecule has 2 aromatic heterocycles. The van der Waals surface area contributed by atoms with Crippen molar-refractivity contribution >= 4 is 5.91 Å². The van der Waals surface area contributed by atoms with Gasteiger partial charge in [-0.1, -0.05) is 5.16 Å². The molecule has 1 aliphatic heterocycles. The molecule has 3 heterocycles. The molecule has 0 unspecified atom stereocenters. The highest BCUT2D eigenvalue weighted by Crippen LogP contribution is 2.41. The van der Waals surface area contributed by atoms with Crippen LogP contribution < -0.4 is 0 Å². The topological polar surface area (TPSA) is 77.1 Å². The summed E-state index contributed by atoms with van der Waals surface area (Å²) in [6, 6.07) is -0.765. The van der Waals surface area contributed by atoms with Crippen molar-refractivity contribution in [3.63, 3.8) is 0 Å². The predicted octanol–water partition coefficient (Wildman–Crippen LogP) is 2.44. The Morgan fingerprint density at radius 3 is 2.81 bits per heavy atom. The van der Waals surface area contributed by atoms with Gasteiger partial charge in [0.2, 0.25) is 5.91 Å². The molecule has 0 aromatic carbocycles. The summed E-state index contributed by atoms with van der Waals surface area (Å²) < 4.78 is 35.2. The molecule has 2 fully saturated rings. The van der Waals surface area contributed by atoms with Crippen molar-refractivity contribution in [2.75, 3.05) is 6.54 Å². The number of nitrogens with zero attached hydrogens (tertiary/aromatic N) is 5. The minimum Gasteiger partial charge on any atom is -0.361 e. The number of amides is 1. The fourth-order valence-corrected chi connectivity index (χ4v) is 3.56. The first-order chi connectivity index (χ1) is 12.3. The molecular formula is C17H21F2N5O2. The van der Waals surface area contributed by atoms with Gasteiger partial charge in [-0.2, -0.15) is 0 Å². The number of rotatable bonds is 5. The second kappa shape index (κ2) is 6.14. The van der Waals surface area contributed by atoms with E-state index in [-0.39, 0.29) is 12.3 Å². The van der Waals surface area contributed by atoms with E-state index >= 15 is 0 Å². The van der Waals surface area contributed by atoms with Crippen molar-refractivity contribution in [1.29, 1.82) is 0 Å². The van der Waals surface area contributed by atoms with Crippen molar-refractivity contribution < 1.29 is 18.1 Å². The maximum Gasteiger partial charge on any atom is 0.267 e. The summed E-state index contributed by atoms with van der Waals surface area (Å²) in [6.45, 7) is 3.57. The number of halogens is 2. The summed E-state index contributed by atoms with van der Waals surface area (Å²) in [5, 5.41) is 11.8. The molecule has 26 heavy (non-hydrogen) atoms. The molecule has 7 nitrogen and oxygen atoms in total. The van der Waals surface area contributed by atoms with Crippen LogP contribution in [0.5, 0.6) is 0 Å². The molecule has 1 saturated heterocycles. The van der Waals surface area contributed by atoms with E-state index < -0.39 is 24.9 Å². The van der Waals surface area contributed by atoms with E-state index in [1.165, 1.54) is 4.90 Å². The summed E-state index contributed by atoms with van der Waals surface area (Å²) in [4.78, 5) is 14.1. The zero-order valence-corrected chi connectivity index (χ0v) is 14.8. The van der Waals surface area contributed by atoms with Crippen LogP contribution in [0.3, 0.4) is 0 Å². The molecule has 1 aliphatic carbocycles. The SMILES string of the molecule is Cc1noc(C)c1CC(=O)N1CC(F)(F)C[C@H]1c1nncn1CC1CC1. The van der Waals surface area contributed by atoms with Gasteiger partial charge in [-0.05, 0) is 32.6 Å². The van der Waals surface area contributed by atoms with Crippen molar-refractivity contribution in [2.45, 2.75) is 58.0 Å². The van der Waals surface area contributed by atoms with E-state index in [9.17, 15) is 13.6 Å². The van der Waals surface area contributed by atoms with Gasteiger partial charge in [0.25, 0.3) is 5.92 Å². The van der Waals surface area contributed by atoms with Gasteiger partial charge in [0.15, 0.2) is 5.82 Å². The van der Waals surface area contributed by atoms with E-state index in [1.54, 1.807) is 20.2 Å². The molecule has 0 N–H and O–H groups in total. The zero-order chi connectivity index (χ0) is 18.5. The Bertz CT molecular complexity index is 807. The smallest absolute Gasteiger partial charge is 0.267 e. The maximum absolute atomic E-state index is 14.2. The largest absolute Gasteiger partial charge is 0.361 e. The fraction of sp³-hybridized carbons (Fsp3) is 0.647. The van der Waals surface area contributed by atoms with Crippen LogP contribution in [0.4, 0.5) is 8.78 Å². The highest BCUT2D eigenvalue weighted by molar-refractivity contribution is 5.80. The van der Waals surface area contributed by atoms with Crippen LogP contribution in [0.25, 0.3) is 0 Å². The summed E-state index contributed by atoms with van der Waals surface area (Å²) >= 11 is 0. The molecule has 2 aliphatic rings. The number of carbonyl (C=O) groups excluding carboxylic acids is 1. The third-order valence-electron chi connectivity index (χ3n) is 5.19. The third-order valence-corrected chi connectivity index (χ3v) is 5.19. The first-order valence-electron chi connectivity index (χ1n) is 8.81. The Hall–Kier alpha value is -2.32. The van der Waals surface area contributed by atoms with Gasteiger partial charge < -0.3 is 14.0 Å². The summed E-state index contributed by atoms with van der Waals surface area (Å²) in [7, 11) is 0. The lowest BCUT2D eigenvalue weighted by atomic mass is 10.1. The lowest BCUT2D eigenvalue weighted by molar-refractivity contribution is -0.132. The Morgan fingerprint density at radius 2 is 2.15 bits per heavy atom. The molecule has 4 rings (SSSR count). The van der Waals surface area contributed by atoms with E-state index in [4.69, 9.17) is 4.52 Å². The molecule has 9 heteroatoms. The van der Waals surface area contributed by atoms with Crippen LogP contribution in [0.2, 0.25) is 0 Å². The Kier molecular flexibility index (Phi) is 4.04. The highest BCUT2D eigenvalue weighted by atomic mass is 19.3. The predicted molar refractivity (Wildman–Crippen MR) is 86.4 cm³/mol. The van der Waals surface area contributed by atoms with Gasteiger partial charge in [-0.15, -0.1) is 10.2 Å². The van der Waals surface area contributed by atoms with Crippen LogP contribution in [0.15, 0.2) is 10.9 Å². The minimum atomic E-state index is -2.94. The first-order valence-corrected chi connectivity index (χ1v) is 8.81. The average molecular weight is 365 g/mol. The number of hydrogen-bond donors (Lipinski definition) is 0. The molecule has 1 amide bonds. The number of carbonyl (C=O) groups is 1. The number of alkyl halides is 2. The molecule has 0 bridgehead atoms. The van der Waals surface area contributed by atoms with E-state index in [0.717, 1.165) is 19.4 Å². The third kappa shape index (κ3) is 3.22. The monoisotopic (exact) mass is 365 g/mol. The number of hydrogen-bond acceptors (Lipinski definition) is 5. The average Bonchev–Trinajstić information content (AvgIpc) is 3.04. The first kappa shape index (κ1) is 17.1. The lowest BCUT2D eigenvalue weighted by Crippen LogP contribution is -2.35. The van der Waals surface area contributed by atoms with Crippen LogP contribution in [0, 0.1) is 19.8 Å². The van der Waals surface area contributed by atoms with Crippen molar-refractivity contribution in [3.05, 3.63) is 29.2 Å². The van der Waals surface area contributed by atoms with Crippen LogP contribution in [-0.2, 0) is 17.8 Å². The number of aromatic nitrogens is 4. The normalized spacial score (nSPS) is 22.2. The Morgan fingerprint density at radius 1 is 1.38 bits per heavy atom. The Labute approximate surface area is 149 Å². The molecule has 0 spiro atoms. The quantitative estimate of drug-likeness (QED) is 0.813. The van der Waals surface area contributed by atoms with Gasteiger partial charge in [0.05, 0.1) is 24.7 Å². The lowest BCUT2D eigenvalue weighted by Gasteiger charge is -2.23. The molecule has 2 aromatic rings. The fourth-order valence-electron chi connectivity index (χ4n) is 3.56. The van der Waals surface area contributed by atoms with Crippen molar-refractivity contribution in [1.82, 2.24) is 24.8 Å². The number of aryl methyl sites for hydroxylation is 2. The highest BCUT2D eigenvalue weighted by Gasteiger charge is 2.49. The molecule has 1 saturated carbocycles. The maximum atomic E-state index is 14.2. The molecule has 0 radical (unpaired) electrons. The van der Waals surface area contributed by atoms with Crippen LogP contribution in [-0.4, -0.2) is 43.2 Å². The molecule has 1 atom stereocenters. The summed E-state index contributed by atoms with van der Waals surface area (Å²) in [5.41, 5.74) is 1.26. The van der Waals surface area contributed by atoms with E-state index in [2.05, 4.69) is 15.4 Å². The van der Waals surface area contributed by atoms with Gasteiger partial charge in [-0.3, -0.25) is 4.79 Å². The van der Waals surface area contributed by atoms with Gasteiger partial charge in [0.1, 0.15) is 12.1 Å². The molecule has 140 valence electrons. The molecular weight excluding hydrogens is 344 g/mol. The second-order valence-corrected chi connectivity index (χ2v) is 7.36. The summed E-state index contributed by atoms with van der Waals surface area (Å²) in [6.07, 6.45) is 3.40. The Balaban J connectivity index is 1.59. The van der Waals surface area contributed by atoms with Crippen LogP contribution >= 0.6 is 0 Å². The summed E-state index contributed by atoms with van der Waals surface area (Å²) in [5.74, 6) is -1.77. The van der Waals surface area contributed by atoms with Gasteiger partial charge in [0, 0.05) is 18.5 Å². The van der Waals surface area contributed by atoms with Crippen molar-refractivity contribution in [2.24, 2.45) is 5.92 Å². The van der Waals surface area contributed by atoms with Gasteiger partial charge in [-0.25, -0.2) is 8.78 Å². The van der Waals surface area contributed by atoms with Crippen molar-refractivity contribution in [3.8, 4) is 0 Å². The minimum absolute atomic E-state index is 0.00942.